The first kappa shape index (κ1) is 13.7. The van der Waals surface area contributed by atoms with Gasteiger partial charge in [0.05, 0.1) is 6.61 Å². The van der Waals surface area contributed by atoms with Crippen LogP contribution in [0.1, 0.15) is 13.8 Å². The Balaban J connectivity index is 3.90. The van der Waals surface area contributed by atoms with Gasteiger partial charge in [-0.05, 0) is 13.5 Å². The molecule has 0 bridgehead atoms. The molecule has 0 fully saturated rings. The fraction of sp³-hybridized carbons (Fsp3) is 0.889. The molecule has 4 nitrogen and oxygen atoms in total. The van der Waals surface area contributed by atoms with E-state index in [1.165, 1.54) is 0 Å². The number of primary amides is 1. The third-order valence-electron chi connectivity index (χ3n) is 1.93. The Bertz CT molecular complexity index is 178. The summed E-state index contributed by atoms with van der Waals surface area (Å²) in [5.41, 5.74) is 4.72. The van der Waals surface area contributed by atoms with E-state index in [0.29, 0.717) is 12.4 Å². The number of amides is 1. The number of rotatable bonds is 8. The van der Waals surface area contributed by atoms with Gasteiger partial charge >= 0.3 is 0 Å². The minimum absolute atomic E-state index is 0.302. The van der Waals surface area contributed by atoms with Crippen LogP contribution in [0.25, 0.3) is 0 Å². The third-order valence-corrected chi connectivity index (χ3v) is 3.17. The Morgan fingerprint density at radius 1 is 1.64 bits per heavy atom. The molecule has 1 amide bonds. The first-order chi connectivity index (χ1) is 6.56. The lowest BCUT2D eigenvalue weighted by atomic mass is 10.1. The summed E-state index contributed by atoms with van der Waals surface area (Å²) in [6, 6.07) is 0. The molecule has 0 saturated carbocycles. The zero-order chi connectivity index (χ0) is 11.0. The van der Waals surface area contributed by atoms with E-state index in [1.807, 2.05) is 13.8 Å². The van der Waals surface area contributed by atoms with Crippen molar-refractivity contribution in [2.75, 3.05) is 31.8 Å². The van der Waals surface area contributed by atoms with E-state index in [0.717, 1.165) is 12.3 Å². The van der Waals surface area contributed by atoms with Crippen molar-refractivity contribution in [2.45, 2.75) is 19.4 Å². The van der Waals surface area contributed by atoms with Crippen molar-refractivity contribution in [3.63, 3.8) is 0 Å². The first-order valence-corrected chi connectivity index (χ1v) is 5.84. The molecule has 0 radical (unpaired) electrons. The smallest absolute Gasteiger partial charge is 0.238 e. The molecule has 14 heavy (non-hydrogen) atoms. The van der Waals surface area contributed by atoms with Crippen molar-refractivity contribution >= 4 is 17.7 Å². The molecule has 0 saturated heterocycles. The Hall–Kier alpha value is -0.260. The van der Waals surface area contributed by atoms with Crippen molar-refractivity contribution in [3.05, 3.63) is 0 Å². The van der Waals surface area contributed by atoms with Crippen molar-refractivity contribution in [2.24, 2.45) is 5.73 Å². The first-order valence-electron chi connectivity index (χ1n) is 4.68. The predicted molar refractivity (Wildman–Crippen MR) is 60.5 cm³/mol. The molecule has 5 heteroatoms. The maximum absolute atomic E-state index is 11.2. The van der Waals surface area contributed by atoms with Gasteiger partial charge in [0.15, 0.2) is 0 Å². The highest BCUT2D eigenvalue weighted by molar-refractivity contribution is 7.99. The summed E-state index contributed by atoms with van der Waals surface area (Å²) in [5.74, 6) is 1.26. The number of methoxy groups -OCH3 is 1. The van der Waals surface area contributed by atoms with E-state index in [-0.39, 0.29) is 5.91 Å². The molecule has 0 spiro atoms. The van der Waals surface area contributed by atoms with Gasteiger partial charge in [-0.3, -0.25) is 4.79 Å². The Kier molecular flexibility index (Phi) is 6.96. The molecule has 0 aromatic rings. The number of carbonyl (C=O) groups excluding carboxylic acids is 1. The van der Waals surface area contributed by atoms with Gasteiger partial charge in [0.1, 0.15) is 5.54 Å². The van der Waals surface area contributed by atoms with Crippen LogP contribution in [0.5, 0.6) is 0 Å². The van der Waals surface area contributed by atoms with Gasteiger partial charge in [0.25, 0.3) is 0 Å². The fourth-order valence-electron chi connectivity index (χ4n) is 1.02. The predicted octanol–water partition coefficient (Wildman–Crippen LogP) is 0.220. The molecule has 0 aromatic heterocycles. The van der Waals surface area contributed by atoms with E-state index in [4.69, 9.17) is 10.5 Å². The van der Waals surface area contributed by atoms with Gasteiger partial charge in [0.2, 0.25) is 5.91 Å². The lowest BCUT2D eigenvalue weighted by molar-refractivity contribution is -0.122. The van der Waals surface area contributed by atoms with Crippen LogP contribution in [0.2, 0.25) is 0 Å². The molecule has 0 heterocycles. The lowest BCUT2D eigenvalue weighted by Crippen LogP contribution is -2.55. The largest absolute Gasteiger partial charge is 0.384 e. The van der Waals surface area contributed by atoms with E-state index < -0.39 is 5.54 Å². The maximum Gasteiger partial charge on any atom is 0.238 e. The second kappa shape index (κ2) is 7.09. The van der Waals surface area contributed by atoms with E-state index >= 15 is 0 Å². The van der Waals surface area contributed by atoms with Crippen LogP contribution < -0.4 is 11.1 Å². The summed E-state index contributed by atoms with van der Waals surface area (Å²) in [7, 11) is 1.66. The average molecular weight is 220 g/mol. The minimum Gasteiger partial charge on any atom is -0.384 e. The highest BCUT2D eigenvalue weighted by Gasteiger charge is 2.29. The zero-order valence-corrected chi connectivity index (χ0v) is 9.95. The summed E-state index contributed by atoms with van der Waals surface area (Å²) < 4.78 is 4.92. The second-order valence-electron chi connectivity index (χ2n) is 3.27. The summed E-state index contributed by atoms with van der Waals surface area (Å²) in [6.07, 6.45) is 0. The molecule has 1 atom stereocenters. The van der Waals surface area contributed by atoms with Crippen LogP contribution >= 0.6 is 11.8 Å². The molecule has 0 aromatic carbocycles. The quantitative estimate of drug-likeness (QED) is 0.574. The standard InChI is InChI=1S/C9H20N2O2S/c1-4-11-9(2,8(10)12)7-14-6-5-13-3/h11H,4-7H2,1-3H3,(H2,10,12). The highest BCUT2D eigenvalue weighted by atomic mass is 32.2. The summed E-state index contributed by atoms with van der Waals surface area (Å²) in [5, 5.41) is 3.10. The van der Waals surface area contributed by atoms with Gasteiger partial charge in [-0.2, -0.15) is 11.8 Å². The van der Waals surface area contributed by atoms with Gasteiger partial charge in [0, 0.05) is 18.6 Å². The molecule has 0 aliphatic rings. The molecule has 3 N–H and O–H groups in total. The van der Waals surface area contributed by atoms with Crippen LogP contribution in [0.3, 0.4) is 0 Å². The maximum atomic E-state index is 11.2. The SMILES string of the molecule is CCNC(C)(CSCCOC)C(N)=O. The number of carbonyl (C=O) groups is 1. The average Bonchev–Trinajstić information content (AvgIpc) is 2.13. The Morgan fingerprint density at radius 2 is 2.29 bits per heavy atom. The summed E-state index contributed by atoms with van der Waals surface area (Å²) in [4.78, 5) is 11.2. The van der Waals surface area contributed by atoms with Gasteiger partial charge in [-0.25, -0.2) is 0 Å². The summed E-state index contributed by atoms with van der Waals surface area (Å²) in [6.45, 7) is 5.23. The number of hydrogen-bond acceptors (Lipinski definition) is 4. The fourth-order valence-corrected chi connectivity index (χ4v) is 2.10. The van der Waals surface area contributed by atoms with Gasteiger partial charge in [-0.1, -0.05) is 6.92 Å². The number of nitrogens with one attached hydrogen (secondary N) is 1. The third kappa shape index (κ3) is 4.83. The second-order valence-corrected chi connectivity index (χ2v) is 4.38. The number of ether oxygens (including phenoxy) is 1. The molecule has 84 valence electrons. The number of nitrogens with two attached hydrogens (primary N) is 1. The zero-order valence-electron chi connectivity index (χ0n) is 9.13. The molecule has 0 aliphatic heterocycles. The molecule has 1 unspecified atom stereocenters. The number of likely N-dealkylation sites (N-methyl/N-ethyl adjacent to an activating group) is 1. The minimum atomic E-state index is -0.604. The van der Waals surface area contributed by atoms with E-state index in [1.54, 1.807) is 18.9 Å². The van der Waals surface area contributed by atoms with Crippen molar-refractivity contribution in [1.82, 2.24) is 5.32 Å². The monoisotopic (exact) mass is 220 g/mol. The van der Waals surface area contributed by atoms with Crippen LogP contribution in [-0.2, 0) is 9.53 Å². The normalized spacial score (nSPS) is 15.1. The molecular weight excluding hydrogens is 200 g/mol. The van der Waals surface area contributed by atoms with Gasteiger partial charge < -0.3 is 15.8 Å². The van der Waals surface area contributed by atoms with Crippen molar-refractivity contribution < 1.29 is 9.53 Å². The molecule has 0 aliphatic carbocycles. The highest BCUT2D eigenvalue weighted by Crippen LogP contribution is 2.12. The molecule has 0 rings (SSSR count). The van der Waals surface area contributed by atoms with Crippen LogP contribution in [0.15, 0.2) is 0 Å². The van der Waals surface area contributed by atoms with Gasteiger partial charge in [-0.15, -0.1) is 0 Å². The lowest BCUT2D eigenvalue weighted by Gasteiger charge is -2.26. The van der Waals surface area contributed by atoms with Crippen LogP contribution in [0, 0.1) is 0 Å². The van der Waals surface area contributed by atoms with E-state index in [2.05, 4.69) is 5.32 Å². The number of hydrogen-bond donors (Lipinski definition) is 2. The van der Waals surface area contributed by atoms with Crippen molar-refractivity contribution in [3.8, 4) is 0 Å². The Labute approximate surface area is 89.9 Å². The number of thioether (sulfide) groups is 1. The van der Waals surface area contributed by atoms with Crippen LogP contribution in [-0.4, -0.2) is 43.2 Å². The van der Waals surface area contributed by atoms with Crippen molar-refractivity contribution in [1.29, 1.82) is 0 Å². The van der Waals surface area contributed by atoms with Crippen LogP contribution in [0.4, 0.5) is 0 Å². The van der Waals surface area contributed by atoms with E-state index in [9.17, 15) is 4.79 Å². The topological polar surface area (TPSA) is 64.3 Å². The Morgan fingerprint density at radius 3 is 2.71 bits per heavy atom. The summed E-state index contributed by atoms with van der Waals surface area (Å²) >= 11 is 1.66. The molecular formula is C9H20N2O2S.